The maximum absolute atomic E-state index is 11.9. The Morgan fingerprint density at radius 3 is 2.81 bits per heavy atom. The zero-order valence-corrected chi connectivity index (χ0v) is 12.4. The highest BCUT2D eigenvalue weighted by molar-refractivity contribution is 7.99. The van der Waals surface area contributed by atoms with Crippen molar-refractivity contribution in [3.8, 4) is 0 Å². The second-order valence-electron chi connectivity index (χ2n) is 4.12. The molecule has 0 aliphatic rings. The highest BCUT2D eigenvalue weighted by Gasteiger charge is 2.15. The Morgan fingerprint density at radius 2 is 2.14 bits per heavy atom. The zero-order valence-electron chi connectivity index (χ0n) is 11.6. The molecule has 0 atom stereocenters. The molecule has 112 valence electrons. The number of Topliss-reactive ketones (excluding diaryl/α,β-unsaturated/α-hetero) is 1. The van der Waals surface area contributed by atoms with Gasteiger partial charge < -0.3 is 9.15 Å². The number of hydrogen-bond acceptors (Lipinski definition) is 8. The summed E-state index contributed by atoms with van der Waals surface area (Å²) >= 11 is 1.47. The molecule has 2 rings (SSSR count). The molecule has 0 aliphatic heterocycles. The molecule has 9 heteroatoms. The van der Waals surface area contributed by atoms with Crippen LogP contribution in [0, 0.1) is 0 Å². The summed E-state index contributed by atoms with van der Waals surface area (Å²) in [4.78, 5) is 23.1. The topological polar surface area (TPSA) is 100 Å². The molecule has 2 heterocycles. The third kappa shape index (κ3) is 3.91. The van der Waals surface area contributed by atoms with Gasteiger partial charge in [0.05, 0.1) is 7.11 Å². The van der Waals surface area contributed by atoms with Crippen molar-refractivity contribution in [2.24, 2.45) is 7.05 Å². The Morgan fingerprint density at radius 1 is 1.38 bits per heavy atom. The molecule has 0 spiro atoms. The molecule has 0 saturated carbocycles. The fourth-order valence-corrected chi connectivity index (χ4v) is 2.35. The molecule has 21 heavy (non-hydrogen) atoms. The lowest BCUT2D eigenvalue weighted by molar-refractivity contribution is 0.0563. The number of ketones is 1. The van der Waals surface area contributed by atoms with E-state index in [0.29, 0.717) is 23.8 Å². The lowest BCUT2D eigenvalue weighted by Crippen LogP contribution is -2.01. The molecule has 0 aromatic carbocycles. The molecule has 8 nitrogen and oxygen atoms in total. The Bertz CT molecular complexity index is 637. The van der Waals surface area contributed by atoms with Crippen LogP contribution in [0.4, 0.5) is 0 Å². The van der Waals surface area contributed by atoms with Gasteiger partial charge in [-0.05, 0) is 29.0 Å². The third-order valence-electron chi connectivity index (χ3n) is 2.63. The molecule has 0 aliphatic carbocycles. The molecule has 0 amide bonds. The first kappa shape index (κ1) is 15.2. The van der Waals surface area contributed by atoms with E-state index >= 15 is 0 Å². The molecular formula is C12H14N4O4S. The molecule has 2 aromatic heterocycles. The lowest BCUT2D eigenvalue weighted by atomic mass is 10.2. The lowest BCUT2D eigenvalue weighted by Gasteiger charge is -1.99. The van der Waals surface area contributed by atoms with Crippen LogP contribution in [-0.4, -0.2) is 44.8 Å². The maximum Gasteiger partial charge on any atom is 0.373 e. The van der Waals surface area contributed by atoms with Gasteiger partial charge in [-0.3, -0.25) is 4.79 Å². The fraction of sp³-hybridized carbons (Fsp3) is 0.417. The van der Waals surface area contributed by atoms with Crippen LogP contribution in [0.15, 0.2) is 21.7 Å². The van der Waals surface area contributed by atoms with Gasteiger partial charge in [-0.15, -0.1) is 5.10 Å². The highest BCUT2D eigenvalue weighted by Crippen LogP contribution is 2.16. The van der Waals surface area contributed by atoms with Gasteiger partial charge in [0.1, 0.15) is 0 Å². The van der Waals surface area contributed by atoms with E-state index in [-0.39, 0.29) is 17.3 Å². The number of aromatic nitrogens is 4. The van der Waals surface area contributed by atoms with Gasteiger partial charge in [0, 0.05) is 19.2 Å². The van der Waals surface area contributed by atoms with Gasteiger partial charge in [0.15, 0.2) is 11.5 Å². The predicted molar refractivity (Wildman–Crippen MR) is 73.1 cm³/mol. The summed E-state index contributed by atoms with van der Waals surface area (Å²) in [6.07, 6.45) is 0.983. The van der Waals surface area contributed by atoms with Crippen molar-refractivity contribution in [2.45, 2.75) is 18.0 Å². The third-order valence-corrected chi connectivity index (χ3v) is 3.72. The zero-order chi connectivity index (χ0) is 15.2. The number of carbonyl (C=O) groups is 2. The summed E-state index contributed by atoms with van der Waals surface area (Å²) in [6, 6.07) is 2.91. The maximum atomic E-state index is 11.9. The van der Waals surface area contributed by atoms with Crippen molar-refractivity contribution in [3.63, 3.8) is 0 Å². The predicted octanol–water partition coefficient (Wildman–Crippen LogP) is 1.34. The first-order valence-corrected chi connectivity index (χ1v) is 7.17. The Kier molecular flexibility index (Phi) is 5.09. The second kappa shape index (κ2) is 7.02. The number of methoxy groups -OCH3 is 1. The van der Waals surface area contributed by atoms with E-state index in [4.69, 9.17) is 4.42 Å². The number of furan rings is 1. The number of aryl methyl sites for hydroxylation is 1. The number of rotatable bonds is 7. The number of hydrogen-bond donors (Lipinski definition) is 0. The van der Waals surface area contributed by atoms with E-state index in [1.807, 2.05) is 0 Å². The molecule has 0 unspecified atom stereocenters. The first-order valence-electron chi connectivity index (χ1n) is 6.18. The number of esters is 1. The molecule has 0 saturated heterocycles. The van der Waals surface area contributed by atoms with Gasteiger partial charge in [0.25, 0.3) is 0 Å². The SMILES string of the molecule is COC(=O)c1ccc(C(=O)CCCSc2nnnn2C)o1. The average Bonchev–Trinajstić information content (AvgIpc) is 3.12. The van der Waals surface area contributed by atoms with E-state index in [2.05, 4.69) is 20.3 Å². The van der Waals surface area contributed by atoms with Crippen molar-refractivity contribution in [2.75, 3.05) is 12.9 Å². The van der Waals surface area contributed by atoms with E-state index < -0.39 is 5.97 Å². The average molecular weight is 310 g/mol. The summed E-state index contributed by atoms with van der Waals surface area (Å²) < 4.78 is 11.2. The Hall–Kier alpha value is -2.16. The summed E-state index contributed by atoms with van der Waals surface area (Å²) in [7, 11) is 3.01. The normalized spacial score (nSPS) is 10.6. The van der Waals surface area contributed by atoms with Gasteiger partial charge in [-0.2, -0.15) is 0 Å². The monoisotopic (exact) mass is 310 g/mol. The van der Waals surface area contributed by atoms with E-state index in [1.165, 1.54) is 31.0 Å². The molecular weight excluding hydrogens is 296 g/mol. The van der Waals surface area contributed by atoms with Crippen LogP contribution in [0.1, 0.15) is 34.0 Å². The van der Waals surface area contributed by atoms with Gasteiger partial charge in [-0.25, -0.2) is 9.48 Å². The van der Waals surface area contributed by atoms with Gasteiger partial charge in [-0.1, -0.05) is 11.8 Å². The standard InChI is InChI=1S/C12H14N4O4S/c1-16-12(13-14-15-16)21-7-3-4-8(17)9-5-6-10(20-9)11(18)19-2/h5-6H,3-4,7H2,1-2H3. The summed E-state index contributed by atoms with van der Waals surface area (Å²) in [5.41, 5.74) is 0. The van der Waals surface area contributed by atoms with Crippen molar-refractivity contribution in [3.05, 3.63) is 23.7 Å². The smallest absolute Gasteiger partial charge is 0.373 e. The minimum atomic E-state index is -0.598. The molecule has 0 fully saturated rings. The van der Waals surface area contributed by atoms with Crippen LogP contribution in [0.25, 0.3) is 0 Å². The van der Waals surface area contributed by atoms with Crippen molar-refractivity contribution < 1.29 is 18.7 Å². The fourth-order valence-electron chi connectivity index (χ4n) is 1.56. The number of nitrogens with zero attached hydrogens (tertiary/aromatic N) is 4. The van der Waals surface area contributed by atoms with E-state index in [0.717, 1.165) is 0 Å². The van der Waals surface area contributed by atoms with Crippen molar-refractivity contribution in [1.82, 2.24) is 20.2 Å². The largest absolute Gasteiger partial charge is 0.463 e. The van der Waals surface area contributed by atoms with Crippen LogP contribution >= 0.6 is 11.8 Å². The molecule has 0 bridgehead atoms. The number of tetrazole rings is 1. The summed E-state index contributed by atoms with van der Waals surface area (Å²) in [5, 5.41) is 11.8. The Labute approximate surface area is 124 Å². The van der Waals surface area contributed by atoms with Crippen LogP contribution in [0.5, 0.6) is 0 Å². The number of carbonyl (C=O) groups excluding carboxylic acids is 2. The van der Waals surface area contributed by atoms with E-state index in [1.54, 1.807) is 11.7 Å². The number of ether oxygens (including phenoxy) is 1. The van der Waals surface area contributed by atoms with Gasteiger partial charge >= 0.3 is 5.97 Å². The summed E-state index contributed by atoms with van der Waals surface area (Å²) in [5.74, 6) is 0.159. The number of thioether (sulfide) groups is 1. The minimum absolute atomic E-state index is 0.0281. The second-order valence-corrected chi connectivity index (χ2v) is 5.18. The molecule has 2 aromatic rings. The van der Waals surface area contributed by atoms with Gasteiger partial charge in [0.2, 0.25) is 10.9 Å². The van der Waals surface area contributed by atoms with Crippen LogP contribution < -0.4 is 0 Å². The van der Waals surface area contributed by atoms with E-state index in [9.17, 15) is 9.59 Å². The summed E-state index contributed by atoms with van der Waals surface area (Å²) in [6.45, 7) is 0. The van der Waals surface area contributed by atoms with Crippen LogP contribution in [0.3, 0.4) is 0 Å². The minimum Gasteiger partial charge on any atom is -0.463 e. The van der Waals surface area contributed by atoms with Crippen molar-refractivity contribution in [1.29, 1.82) is 0 Å². The van der Waals surface area contributed by atoms with Crippen molar-refractivity contribution >= 4 is 23.5 Å². The van der Waals surface area contributed by atoms with Crippen LogP contribution in [-0.2, 0) is 11.8 Å². The quantitative estimate of drug-likeness (QED) is 0.327. The first-order chi connectivity index (χ1) is 10.1. The molecule has 0 N–H and O–H groups in total. The molecule has 0 radical (unpaired) electrons. The Balaban J connectivity index is 1.78. The highest BCUT2D eigenvalue weighted by atomic mass is 32.2. The van der Waals surface area contributed by atoms with Crippen LogP contribution in [0.2, 0.25) is 0 Å².